The highest BCUT2D eigenvalue weighted by Gasteiger charge is 2.46. The van der Waals surface area contributed by atoms with Crippen LogP contribution in [0, 0.1) is 13.8 Å². The van der Waals surface area contributed by atoms with E-state index < -0.39 is 17.7 Å². The van der Waals surface area contributed by atoms with Gasteiger partial charge in [-0.3, -0.25) is 9.59 Å². The molecule has 1 amide bonds. The summed E-state index contributed by atoms with van der Waals surface area (Å²) in [7, 11) is 1.56. The number of Topliss-reactive ketones (excluding diaryl/α,β-unsaturated/α-hetero) is 1. The molecule has 4 aromatic rings. The minimum Gasteiger partial charge on any atom is -0.505 e. The highest BCUT2D eigenvalue weighted by molar-refractivity contribution is 6.46. The number of aryl methyl sites for hydroxylation is 3. The molecule has 1 N–H and O–H groups in total. The molecular formula is C32H37N5O5. The van der Waals surface area contributed by atoms with Gasteiger partial charge in [0.15, 0.2) is 17.3 Å². The first kappa shape index (κ1) is 28.9. The summed E-state index contributed by atoms with van der Waals surface area (Å²) >= 11 is 0. The summed E-state index contributed by atoms with van der Waals surface area (Å²) in [5, 5.41) is 11.7. The van der Waals surface area contributed by atoms with Crippen molar-refractivity contribution in [1.29, 1.82) is 0 Å². The highest BCUT2D eigenvalue weighted by atomic mass is 16.5. The Morgan fingerprint density at radius 1 is 1.05 bits per heavy atom. The molecule has 1 unspecified atom stereocenters. The first-order chi connectivity index (χ1) is 20.3. The summed E-state index contributed by atoms with van der Waals surface area (Å²) in [6, 6.07) is 8.40. The number of carbonyl (C=O) groups is 2. The van der Waals surface area contributed by atoms with Crippen molar-refractivity contribution >= 4 is 23.1 Å². The van der Waals surface area contributed by atoms with Gasteiger partial charge in [-0.05, 0) is 56.0 Å². The van der Waals surface area contributed by atoms with Crippen molar-refractivity contribution in [1.82, 2.24) is 23.8 Å². The fraction of sp³-hybridized carbons (Fsp3) is 0.375. The van der Waals surface area contributed by atoms with Crippen LogP contribution in [0.5, 0.6) is 11.5 Å². The fourth-order valence-corrected chi connectivity index (χ4v) is 5.48. The average Bonchev–Trinajstić information content (AvgIpc) is 3.70. The maximum atomic E-state index is 13.6. The lowest BCUT2D eigenvalue weighted by Gasteiger charge is -2.26. The smallest absolute Gasteiger partial charge is 0.295 e. The number of hydrogen-bond donors (Lipinski definition) is 1. The van der Waals surface area contributed by atoms with Gasteiger partial charge < -0.3 is 28.4 Å². The number of aromatic nitrogens is 4. The molecule has 1 atom stereocenters. The standard InChI is InChI=1S/C32H37N5O5/c1-5-6-7-18-42-24-12-11-23(19-25(24)41-4)28-26(29(38)27-22(3)36-15-8-10-21(2)31(36)34-27)30(39)32(40)37(28)16-9-14-35-17-13-33-20-35/h8,10-13,15,17,19-20,28,38H,5-7,9,14,16,18H2,1-4H3. The van der Waals surface area contributed by atoms with Gasteiger partial charge in [-0.15, -0.1) is 0 Å². The lowest BCUT2D eigenvalue weighted by molar-refractivity contribution is -0.139. The van der Waals surface area contributed by atoms with Crippen molar-refractivity contribution in [3.05, 3.63) is 83.3 Å². The number of nitrogens with zero attached hydrogens (tertiary/aromatic N) is 5. The van der Waals surface area contributed by atoms with E-state index in [-0.39, 0.29) is 17.0 Å². The van der Waals surface area contributed by atoms with Gasteiger partial charge in [-0.2, -0.15) is 0 Å². The van der Waals surface area contributed by atoms with Crippen LogP contribution in [-0.2, 0) is 16.1 Å². The Hall–Kier alpha value is -4.60. The fourth-order valence-electron chi connectivity index (χ4n) is 5.48. The third-order valence-corrected chi connectivity index (χ3v) is 7.73. The van der Waals surface area contributed by atoms with Gasteiger partial charge in [-0.1, -0.05) is 31.9 Å². The SMILES string of the molecule is CCCCCOc1ccc(C2C(=C(O)c3nc4c(C)cccn4c3C)C(=O)C(=O)N2CCCn2ccnc2)cc1OC. The zero-order chi connectivity index (χ0) is 29.8. The molecule has 10 nitrogen and oxygen atoms in total. The van der Waals surface area contributed by atoms with Gasteiger partial charge in [0.05, 0.1) is 37.4 Å². The number of aliphatic hydroxyl groups excluding tert-OH is 1. The minimum atomic E-state index is -0.832. The molecule has 1 aliphatic rings. The molecule has 0 radical (unpaired) electrons. The minimum absolute atomic E-state index is 0.00505. The second-order valence-corrected chi connectivity index (χ2v) is 10.5. The van der Waals surface area contributed by atoms with E-state index in [1.54, 1.807) is 31.8 Å². The summed E-state index contributed by atoms with van der Waals surface area (Å²) < 4.78 is 15.4. The number of carbonyl (C=O) groups excluding carboxylic acids is 2. The quantitative estimate of drug-likeness (QED) is 0.107. The third-order valence-electron chi connectivity index (χ3n) is 7.73. The molecule has 3 aromatic heterocycles. The Morgan fingerprint density at radius 3 is 2.60 bits per heavy atom. The van der Waals surface area contributed by atoms with Gasteiger partial charge in [0, 0.05) is 31.7 Å². The number of likely N-dealkylation sites (tertiary alicyclic amines) is 1. The van der Waals surface area contributed by atoms with E-state index in [0.29, 0.717) is 54.5 Å². The molecule has 1 saturated heterocycles. The Balaban J connectivity index is 1.57. The zero-order valence-electron chi connectivity index (χ0n) is 24.5. The van der Waals surface area contributed by atoms with Crippen LogP contribution < -0.4 is 9.47 Å². The monoisotopic (exact) mass is 571 g/mol. The maximum absolute atomic E-state index is 13.6. The predicted molar refractivity (Wildman–Crippen MR) is 159 cm³/mol. The van der Waals surface area contributed by atoms with Crippen molar-refractivity contribution in [2.45, 2.75) is 59.0 Å². The summed E-state index contributed by atoms with van der Waals surface area (Å²) in [6.45, 7) is 7.37. The van der Waals surface area contributed by atoms with Crippen LogP contribution in [0.25, 0.3) is 11.4 Å². The number of benzene rings is 1. The Labute approximate surface area is 245 Å². The van der Waals surface area contributed by atoms with Crippen LogP contribution in [0.3, 0.4) is 0 Å². The second kappa shape index (κ2) is 12.5. The molecule has 220 valence electrons. The summed E-state index contributed by atoms with van der Waals surface area (Å²) in [6.07, 6.45) is 10.8. The van der Waals surface area contributed by atoms with Crippen molar-refractivity contribution in [2.75, 3.05) is 20.3 Å². The van der Waals surface area contributed by atoms with Gasteiger partial charge in [-0.25, -0.2) is 9.97 Å². The number of amides is 1. The van der Waals surface area contributed by atoms with Gasteiger partial charge in [0.25, 0.3) is 11.7 Å². The van der Waals surface area contributed by atoms with E-state index in [9.17, 15) is 14.7 Å². The molecule has 0 bridgehead atoms. The Bertz CT molecular complexity index is 1620. The van der Waals surface area contributed by atoms with Crippen LogP contribution >= 0.6 is 0 Å². The number of ketones is 1. The number of pyridine rings is 1. The lowest BCUT2D eigenvalue weighted by Crippen LogP contribution is -2.31. The number of hydrogen-bond acceptors (Lipinski definition) is 7. The molecule has 1 aromatic carbocycles. The molecule has 4 heterocycles. The van der Waals surface area contributed by atoms with Crippen LogP contribution in [0.1, 0.15) is 61.2 Å². The average molecular weight is 572 g/mol. The first-order valence-corrected chi connectivity index (χ1v) is 14.3. The van der Waals surface area contributed by atoms with Gasteiger partial charge >= 0.3 is 0 Å². The summed E-state index contributed by atoms with van der Waals surface area (Å²) in [5.74, 6) is -0.626. The van der Waals surface area contributed by atoms with Crippen LogP contribution in [0.15, 0.2) is 60.8 Å². The molecule has 0 spiro atoms. The van der Waals surface area contributed by atoms with Crippen molar-refractivity contribution < 1.29 is 24.2 Å². The Kier molecular flexibility index (Phi) is 8.61. The van der Waals surface area contributed by atoms with Gasteiger partial charge in [0.1, 0.15) is 11.3 Å². The number of fused-ring (bicyclic) bond motifs is 1. The number of unbranched alkanes of at least 4 members (excludes halogenated alkanes) is 2. The molecule has 1 fully saturated rings. The molecule has 0 saturated carbocycles. The molecule has 10 heteroatoms. The van der Waals surface area contributed by atoms with Crippen LogP contribution in [0.4, 0.5) is 0 Å². The number of rotatable bonds is 12. The zero-order valence-corrected chi connectivity index (χ0v) is 24.5. The van der Waals surface area contributed by atoms with Crippen LogP contribution in [-0.4, -0.2) is 60.9 Å². The van der Waals surface area contributed by atoms with E-state index in [2.05, 4.69) is 16.9 Å². The van der Waals surface area contributed by atoms with Crippen molar-refractivity contribution in [2.24, 2.45) is 0 Å². The summed E-state index contributed by atoms with van der Waals surface area (Å²) in [4.78, 5) is 37.4. The maximum Gasteiger partial charge on any atom is 0.295 e. The molecular weight excluding hydrogens is 534 g/mol. The molecule has 5 rings (SSSR count). The topological polar surface area (TPSA) is 111 Å². The molecule has 42 heavy (non-hydrogen) atoms. The number of aliphatic hydroxyl groups is 1. The third kappa shape index (κ3) is 5.48. The highest BCUT2D eigenvalue weighted by Crippen LogP contribution is 2.42. The molecule has 0 aliphatic carbocycles. The van der Waals surface area contributed by atoms with Crippen LogP contribution in [0.2, 0.25) is 0 Å². The van der Waals surface area contributed by atoms with E-state index in [4.69, 9.17) is 9.47 Å². The number of imidazole rings is 2. The van der Waals surface area contributed by atoms with Gasteiger partial charge in [0.2, 0.25) is 0 Å². The van der Waals surface area contributed by atoms with E-state index in [1.165, 1.54) is 4.90 Å². The van der Waals surface area contributed by atoms with E-state index >= 15 is 0 Å². The van der Waals surface area contributed by atoms with E-state index in [1.807, 2.05) is 53.4 Å². The van der Waals surface area contributed by atoms with Crippen molar-refractivity contribution in [3.63, 3.8) is 0 Å². The normalized spacial score (nSPS) is 16.5. The number of methoxy groups -OCH3 is 1. The largest absolute Gasteiger partial charge is 0.505 e. The number of ether oxygens (including phenoxy) is 2. The second-order valence-electron chi connectivity index (χ2n) is 10.5. The summed E-state index contributed by atoms with van der Waals surface area (Å²) in [5.41, 5.74) is 3.18. The predicted octanol–water partition coefficient (Wildman–Crippen LogP) is 5.24. The lowest BCUT2D eigenvalue weighted by atomic mass is 9.96. The molecule has 1 aliphatic heterocycles. The Morgan fingerprint density at radius 2 is 1.88 bits per heavy atom. The van der Waals surface area contributed by atoms with Crippen molar-refractivity contribution in [3.8, 4) is 11.5 Å². The first-order valence-electron chi connectivity index (χ1n) is 14.3. The van der Waals surface area contributed by atoms with E-state index in [0.717, 1.165) is 24.8 Å².